The van der Waals surface area contributed by atoms with Gasteiger partial charge in [-0.15, -0.1) is 0 Å². The topological polar surface area (TPSA) is 43.4 Å². The van der Waals surface area contributed by atoms with Crippen LogP contribution in [0.25, 0.3) is 0 Å². The van der Waals surface area contributed by atoms with Gasteiger partial charge in [0.05, 0.1) is 0 Å². The summed E-state index contributed by atoms with van der Waals surface area (Å²) in [6.07, 6.45) is 9.01. The van der Waals surface area contributed by atoms with E-state index >= 15 is 0 Å². The number of ether oxygens (including phenoxy) is 1. The SMILES string of the molecule is CC1=CC2OC(=O)C(C)=C2CCC(C)=CCCC(C)C(=O)CC1. The highest BCUT2D eigenvalue weighted by molar-refractivity contribution is 5.92. The van der Waals surface area contributed by atoms with Crippen molar-refractivity contribution in [2.75, 3.05) is 0 Å². The van der Waals surface area contributed by atoms with Crippen LogP contribution in [0.1, 0.15) is 66.2 Å². The third kappa shape index (κ3) is 4.66. The normalized spacial score (nSPS) is 27.8. The van der Waals surface area contributed by atoms with Crippen molar-refractivity contribution in [1.29, 1.82) is 0 Å². The van der Waals surface area contributed by atoms with Gasteiger partial charge in [-0.05, 0) is 64.5 Å². The second-order valence-electron chi connectivity index (χ2n) is 6.98. The molecule has 1 aliphatic heterocycles. The second kappa shape index (κ2) is 7.76. The van der Waals surface area contributed by atoms with Crippen LogP contribution in [0.3, 0.4) is 0 Å². The smallest absolute Gasteiger partial charge is 0.334 e. The van der Waals surface area contributed by atoms with Crippen molar-refractivity contribution in [2.45, 2.75) is 72.3 Å². The summed E-state index contributed by atoms with van der Waals surface area (Å²) >= 11 is 0. The number of hydrogen-bond donors (Lipinski definition) is 0. The standard InChI is InChI=1S/C20H28O3/c1-13-6-5-7-15(3)18(21)11-9-14(2)12-19-17(10-8-13)16(4)20(22)23-19/h6,12,15,19H,5,7-11H2,1-4H3. The van der Waals surface area contributed by atoms with E-state index in [2.05, 4.69) is 13.0 Å². The summed E-state index contributed by atoms with van der Waals surface area (Å²) in [6.45, 7) is 8.03. The van der Waals surface area contributed by atoms with Gasteiger partial charge < -0.3 is 4.74 Å². The van der Waals surface area contributed by atoms with E-state index in [0.717, 1.165) is 48.8 Å². The summed E-state index contributed by atoms with van der Waals surface area (Å²) in [6, 6.07) is 0. The Morgan fingerprint density at radius 2 is 1.70 bits per heavy atom. The largest absolute Gasteiger partial charge is 0.450 e. The van der Waals surface area contributed by atoms with E-state index in [9.17, 15) is 9.59 Å². The van der Waals surface area contributed by atoms with Crippen LogP contribution in [0.15, 0.2) is 34.4 Å². The third-order valence-electron chi connectivity index (χ3n) is 5.00. The molecule has 1 aliphatic carbocycles. The van der Waals surface area contributed by atoms with Crippen LogP contribution in [-0.4, -0.2) is 17.9 Å². The van der Waals surface area contributed by atoms with Crippen molar-refractivity contribution >= 4 is 11.8 Å². The van der Waals surface area contributed by atoms with E-state index in [1.807, 2.05) is 26.8 Å². The Hall–Kier alpha value is -1.64. The molecule has 2 rings (SSSR count). The van der Waals surface area contributed by atoms with E-state index in [-0.39, 0.29) is 18.0 Å². The van der Waals surface area contributed by atoms with Crippen LogP contribution in [0.2, 0.25) is 0 Å². The summed E-state index contributed by atoms with van der Waals surface area (Å²) < 4.78 is 5.50. The van der Waals surface area contributed by atoms with Crippen LogP contribution in [0.4, 0.5) is 0 Å². The molecule has 0 aromatic rings. The fraction of sp³-hybridized carbons (Fsp3) is 0.600. The number of rotatable bonds is 0. The van der Waals surface area contributed by atoms with Crippen molar-refractivity contribution in [3.8, 4) is 0 Å². The highest BCUT2D eigenvalue weighted by Gasteiger charge is 2.29. The summed E-state index contributed by atoms with van der Waals surface area (Å²) in [5, 5.41) is 0. The van der Waals surface area contributed by atoms with E-state index < -0.39 is 0 Å². The molecule has 23 heavy (non-hydrogen) atoms. The fourth-order valence-corrected chi connectivity index (χ4v) is 3.17. The number of carbonyl (C=O) groups is 2. The van der Waals surface area contributed by atoms with Crippen molar-refractivity contribution in [3.63, 3.8) is 0 Å². The average Bonchev–Trinajstić information content (AvgIpc) is 2.76. The first-order chi connectivity index (χ1) is 10.9. The highest BCUT2D eigenvalue weighted by atomic mass is 16.5. The predicted octanol–water partition coefficient (Wildman–Crippen LogP) is 4.68. The molecule has 0 saturated carbocycles. The molecule has 0 saturated heterocycles. The number of allylic oxidation sites excluding steroid dienone is 3. The number of hydrogen-bond acceptors (Lipinski definition) is 3. The van der Waals surface area contributed by atoms with E-state index in [4.69, 9.17) is 4.74 Å². The lowest BCUT2D eigenvalue weighted by Gasteiger charge is -2.14. The molecule has 126 valence electrons. The number of esters is 1. The first-order valence-electron chi connectivity index (χ1n) is 8.64. The fourth-order valence-electron chi connectivity index (χ4n) is 3.17. The number of ketones is 1. The Morgan fingerprint density at radius 3 is 2.43 bits per heavy atom. The van der Waals surface area contributed by atoms with Crippen LogP contribution < -0.4 is 0 Å². The van der Waals surface area contributed by atoms with Gasteiger partial charge in [0.25, 0.3) is 0 Å². The Kier molecular flexibility index (Phi) is 5.97. The highest BCUT2D eigenvalue weighted by Crippen LogP contribution is 2.30. The van der Waals surface area contributed by atoms with Crippen LogP contribution in [-0.2, 0) is 14.3 Å². The molecule has 0 fully saturated rings. The van der Waals surface area contributed by atoms with Crippen molar-refractivity contribution in [1.82, 2.24) is 0 Å². The number of Topliss-reactive ketones (excluding diaryl/α,β-unsaturated/α-hetero) is 1. The molecule has 0 radical (unpaired) electrons. The molecule has 0 N–H and O–H groups in total. The van der Waals surface area contributed by atoms with Gasteiger partial charge in [0.2, 0.25) is 0 Å². The van der Waals surface area contributed by atoms with Gasteiger partial charge in [-0.3, -0.25) is 4.79 Å². The van der Waals surface area contributed by atoms with Crippen molar-refractivity contribution in [3.05, 3.63) is 34.4 Å². The first kappa shape index (κ1) is 17.7. The Balaban J connectivity index is 2.23. The monoisotopic (exact) mass is 316 g/mol. The molecule has 3 nitrogen and oxygen atoms in total. The maximum Gasteiger partial charge on any atom is 0.334 e. The lowest BCUT2D eigenvalue weighted by Crippen LogP contribution is -2.12. The molecule has 2 atom stereocenters. The summed E-state index contributed by atoms with van der Waals surface area (Å²) in [4.78, 5) is 24.1. The van der Waals surface area contributed by atoms with Gasteiger partial charge in [0, 0.05) is 17.9 Å². The van der Waals surface area contributed by atoms with E-state index in [1.54, 1.807) is 0 Å². The number of carbonyl (C=O) groups excluding carboxylic acids is 2. The molecule has 1 heterocycles. The molecule has 0 aromatic heterocycles. The molecule has 2 unspecified atom stereocenters. The van der Waals surface area contributed by atoms with Crippen LogP contribution in [0.5, 0.6) is 0 Å². The zero-order valence-electron chi connectivity index (χ0n) is 14.8. The lowest BCUT2D eigenvalue weighted by molar-refractivity contribution is -0.138. The predicted molar refractivity (Wildman–Crippen MR) is 92.0 cm³/mol. The molecule has 3 heteroatoms. The van der Waals surface area contributed by atoms with Gasteiger partial charge in [0.15, 0.2) is 0 Å². The number of fused-ring (bicyclic) bond motifs is 1. The minimum atomic E-state index is -0.245. The quantitative estimate of drug-likeness (QED) is 0.481. The average molecular weight is 316 g/mol. The Morgan fingerprint density at radius 1 is 1.00 bits per heavy atom. The Bertz CT molecular complexity index is 578. The third-order valence-corrected chi connectivity index (χ3v) is 5.00. The molecule has 0 amide bonds. The van der Waals surface area contributed by atoms with Crippen molar-refractivity contribution < 1.29 is 14.3 Å². The van der Waals surface area contributed by atoms with Crippen molar-refractivity contribution in [2.24, 2.45) is 5.92 Å². The van der Waals surface area contributed by atoms with Crippen LogP contribution in [0, 0.1) is 5.92 Å². The van der Waals surface area contributed by atoms with E-state index in [1.165, 1.54) is 5.57 Å². The minimum absolute atomic E-state index is 0.122. The molecule has 0 bridgehead atoms. The molecule has 0 spiro atoms. The summed E-state index contributed by atoms with van der Waals surface area (Å²) in [5.41, 5.74) is 4.29. The van der Waals surface area contributed by atoms with Gasteiger partial charge in [0.1, 0.15) is 11.9 Å². The maximum atomic E-state index is 12.2. The second-order valence-corrected chi connectivity index (χ2v) is 6.98. The zero-order valence-corrected chi connectivity index (χ0v) is 14.8. The molecule has 2 aliphatic rings. The van der Waals surface area contributed by atoms with Gasteiger partial charge >= 0.3 is 5.97 Å². The van der Waals surface area contributed by atoms with Gasteiger partial charge in [-0.2, -0.15) is 0 Å². The molecular weight excluding hydrogens is 288 g/mol. The zero-order chi connectivity index (χ0) is 17.0. The molecular formula is C20H28O3. The minimum Gasteiger partial charge on any atom is -0.450 e. The molecule has 0 aromatic carbocycles. The summed E-state index contributed by atoms with van der Waals surface area (Å²) in [5.74, 6) is 0.248. The van der Waals surface area contributed by atoms with Crippen LogP contribution >= 0.6 is 0 Å². The maximum absolute atomic E-state index is 12.2. The van der Waals surface area contributed by atoms with Gasteiger partial charge in [-0.1, -0.05) is 24.1 Å². The van der Waals surface area contributed by atoms with Gasteiger partial charge in [-0.25, -0.2) is 4.79 Å². The first-order valence-corrected chi connectivity index (χ1v) is 8.64. The Labute approximate surface area is 139 Å². The lowest BCUT2D eigenvalue weighted by atomic mass is 9.92. The van der Waals surface area contributed by atoms with E-state index in [0.29, 0.717) is 12.2 Å². The summed E-state index contributed by atoms with van der Waals surface area (Å²) in [7, 11) is 0.